The van der Waals surface area contributed by atoms with Crippen LogP contribution in [0.25, 0.3) is 0 Å². The number of aryl methyl sites for hydroxylation is 2. The summed E-state index contributed by atoms with van der Waals surface area (Å²) in [5, 5.41) is 8.85. The van der Waals surface area contributed by atoms with Crippen LogP contribution in [0, 0.1) is 25.2 Å². The molecule has 5 nitrogen and oxygen atoms in total. The molecule has 0 aromatic heterocycles. The van der Waals surface area contributed by atoms with Crippen molar-refractivity contribution in [3.8, 4) is 6.07 Å². The number of nitrogens with zero attached hydrogens (tertiary/aromatic N) is 2. The molecule has 0 unspecified atom stereocenters. The molecule has 8 heteroatoms. The highest BCUT2D eigenvalue weighted by Gasteiger charge is 2.31. The van der Waals surface area contributed by atoms with Crippen LogP contribution in [0.5, 0.6) is 0 Å². The minimum absolute atomic E-state index is 0.0697. The molecule has 152 valence electrons. The lowest BCUT2D eigenvalue weighted by Crippen LogP contribution is -2.35. The van der Waals surface area contributed by atoms with Crippen molar-refractivity contribution in [2.45, 2.75) is 26.4 Å². The molecule has 1 amide bonds. The molecule has 0 N–H and O–H groups in total. The monoisotopic (exact) mass is 404 g/mol. The number of carbonyl (C=O) groups is 2. The molecular formula is C21H19F3N2O3. The number of rotatable bonds is 6. The highest BCUT2D eigenvalue weighted by molar-refractivity contribution is 5.97. The number of amides is 1. The van der Waals surface area contributed by atoms with Crippen LogP contribution in [-0.4, -0.2) is 25.0 Å². The Morgan fingerprint density at radius 2 is 1.76 bits per heavy atom. The van der Waals surface area contributed by atoms with Crippen LogP contribution in [0.3, 0.4) is 0 Å². The third kappa shape index (κ3) is 6.07. The summed E-state index contributed by atoms with van der Waals surface area (Å²) < 4.78 is 43.3. The van der Waals surface area contributed by atoms with Crippen LogP contribution in [0.4, 0.5) is 18.9 Å². The van der Waals surface area contributed by atoms with Crippen molar-refractivity contribution in [2.75, 3.05) is 18.1 Å². The second-order valence-electron chi connectivity index (χ2n) is 6.45. The maximum atomic E-state index is 12.8. The van der Waals surface area contributed by atoms with Gasteiger partial charge in [-0.1, -0.05) is 12.1 Å². The van der Waals surface area contributed by atoms with Gasteiger partial charge >= 0.3 is 12.1 Å². The van der Waals surface area contributed by atoms with Crippen LogP contribution in [0.1, 0.15) is 33.5 Å². The molecule has 0 bridgehead atoms. The zero-order valence-electron chi connectivity index (χ0n) is 15.9. The fourth-order valence-electron chi connectivity index (χ4n) is 2.78. The molecule has 29 heavy (non-hydrogen) atoms. The Labute approximate surface area is 166 Å². The molecule has 0 aliphatic heterocycles. The van der Waals surface area contributed by atoms with Gasteiger partial charge in [0.2, 0.25) is 0 Å². The van der Waals surface area contributed by atoms with Gasteiger partial charge in [0.1, 0.15) is 0 Å². The van der Waals surface area contributed by atoms with E-state index >= 15 is 0 Å². The van der Waals surface area contributed by atoms with Crippen LogP contribution in [0.15, 0.2) is 42.5 Å². The molecule has 0 heterocycles. The molecule has 0 aliphatic carbocycles. The van der Waals surface area contributed by atoms with Crippen molar-refractivity contribution >= 4 is 17.6 Å². The molecule has 0 spiro atoms. The van der Waals surface area contributed by atoms with E-state index in [9.17, 15) is 22.8 Å². The maximum Gasteiger partial charge on any atom is 0.416 e. The fourth-order valence-corrected chi connectivity index (χ4v) is 2.78. The number of benzene rings is 2. The summed E-state index contributed by atoms with van der Waals surface area (Å²) in [7, 11) is 0. The zero-order valence-corrected chi connectivity index (χ0v) is 15.9. The number of ether oxygens (including phenoxy) is 1. The van der Waals surface area contributed by atoms with E-state index in [1.54, 1.807) is 12.1 Å². The van der Waals surface area contributed by atoms with Crippen molar-refractivity contribution in [1.82, 2.24) is 0 Å². The predicted octanol–water partition coefficient (Wildman–Crippen LogP) is 4.43. The molecular weight excluding hydrogens is 385 g/mol. The van der Waals surface area contributed by atoms with Gasteiger partial charge in [-0.3, -0.25) is 4.79 Å². The summed E-state index contributed by atoms with van der Waals surface area (Å²) in [6.45, 7) is 3.15. The van der Waals surface area contributed by atoms with E-state index in [2.05, 4.69) is 0 Å². The van der Waals surface area contributed by atoms with Gasteiger partial charge in [-0.15, -0.1) is 0 Å². The van der Waals surface area contributed by atoms with E-state index in [4.69, 9.17) is 10.00 Å². The summed E-state index contributed by atoms with van der Waals surface area (Å²) in [4.78, 5) is 26.0. The van der Waals surface area contributed by atoms with Crippen LogP contribution >= 0.6 is 0 Å². The summed E-state index contributed by atoms with van der Waals surface area (Å²) >= 11 is 0. The number of hydrogen-bond donors (Lipinski definition) is 0. The zero-order chi connectivity index (χ0) is 21.6. The maximum absolute atomic E-state index is 12.8. The number of carbonyl (C=O) groups excluding carboxylic acids is 2. The number of anilines is 1. The van der Waals surface area contributed by atoms with Crippen molar-refractivity contribution in [3.05, 3.63) is 64.7 Å². The van der Waals surface area contributed by atoms with Crippen molar-refractivity contribution in [3.63, 3.8) is 0 Å². The average molecular weight is 404 g/mol. The van der Waals surface area contributed by atoms with Gasteiger partial charge in [0.05, 0.1) is 23.6 Å². The van der Waals surface area contributed by atoms with Gasteiger partial charge in [-0.05, 0) is 55.3 Å². The van der Waals surface area contributed by atoms with Crippen molar-refractivity contribution < 1.29 is 27.5 Å². The predicted molar refractivity (Wildman–Crippen MR) is 100 cm³/mol. The number of hydrogen-bond acceptors (Lipinski definition) is 4. The third-order valence-corrected chi connectivity index (χ3v) is 4.02. The van der Waals surface area contributed by atoms with Crippen molar-refractivity contribution in [2.24, 2.45) is 0 Å². The van der Waals surface area contributed by atoms with Gasteiger partial charge in [0.15, 0.2) is 6.61 Å². The Kier molecular flexibility index (Phi) is 6.99. The largest absolute Gasteiger partial charge is 0.452 e. The molecule has 2 aromatic rings. The van der Waals surface area contributed by atoms with Crippen LogP contribution in [0.2, 0.25) is 0 Å². The SMILES string of the molecule is Cc1cc(C)cc(N(CCC#N)C(=O)COC(=O)c2cccc(C(F)(F)F)c2)c1. The van der Waals surface area contributed by atoms with Gasteiger partial charge in [0.25, 0.3) is 5.91 Å². The van der Waals surface area contributed by atoms with Gasteiger partial charge in [-0.2, -0.15) is 18.4 Å². The van der Waals surface area contributed by atoms with Gasteiger partial charge in [-0.25, -0.2) is 4.79 Å². The summed E-state index contributed by atoms with van der Waals surface area (Å²) in [5.74, 6) is -1.62. The molecule has 0 fully saturated rings. The van der Waals surface area contributed by atoms with Gasteiger partial charge in [0, 0.05) is 12.2 Å². The first kappa shape index (κ1) is 22.0. The molecule has 0 saturated carbocycles. The Bertz CT molecular complexity index is 929. The number of nitriles is 1. The van der Waals surface area contributed by atoms with E-state index in [1.807, 2.05) is 26.0 Å². The van der Waals surface area contributed by atoms with E-state index in [0.29, 0.717) is 11.8 Å². The van der Waals surface area contributed by atoms with E-state index < -0.39 is 30.2 Å². The average Bonchev–Trinajstić information content (AvgIpc) is 2.65. The Hall–Kier alpha value is -3.34. The molecule has 0 saturated heterocycles. The molecule has 2 aromatic carbocycles. The lowest BCUT2D eigenvalue weighted by molar-refractivity contribution is -0.137. The molecule has 0 aliphatic rings. The number of alkyl halides is 3. The topological polar surface area (TPSA) is 70.4 Å². The van der Waals surface area contributed by atoms with E-state index in [-0.39, 0.29) is 18.5 Å². The lowest BCUT2D eigenvalue weighted by atomic mass is 10.1. The molecule has 0 atom stereocenters. The summed E-state index contributed by atoms with van der Waals surface area (Å²) in [5.41, 5.74) is 1.09. The van der Waals surface area contributed by atoms with Crippen molar-refractivity contribution in [1.29, 1.82) is 5.26 Å². The first-order chi connectivity index (χ1) is 13.6. The standard InChI is InChI=1S/C21H19F3N2O3/c1-14-9-15(2)11-18(10-14)26(8-4-7-25)19(27)13-29-20(28)16-5-3-6-17(12-16)21(22,23)24/h3,5-6,9-12H,4,8,13H2,1-2H3. The highest BCUT2D eigenvalue weighted by Crippen LogP contribution is 2.29. The Morgan fingerprint density at radius 3 is 2.34 bits per heavy atom. The second-order valence-corrected chi connectivity index (χ2v) is 6.45. The summed E-state index contributed by atoms with van der Waals surface area (Å²) in [6, 6.07) is 11.2. The lowest BCUT2D eigenvalue weighted by Gasteiger charge is -2.22. The molecule has 2 rings (SSSR count). The summed E-state index contributed by atoms with van der Waals surface area (Å²) in [6.07, 6.45) is -4.52. The Morgan fingerprint density at radius 1 is 1.10 bits per heavy atom. The van der Waals surface area contributed by atoms with Crippen LogP contribution < -0.4 is 4.90 Å². The van der Waals surface area contributed by atoms with Gasteiger partial charge < -0.3 is 9.64 Å². The Balaban J connectivity index is 2.13. The normalized spacial score (nSPS) is 10.9. The number of halogens is 3. The van der Waals surface area contributed by atoms with E-state index in [0.717, 1.165) is 23.3 Å². The minimum Gasteiger partial charge on any atom is -0.452 e. The first-order valence-corrected chi connectivity index (χ1v) is 8.72. The minimum atomic E-state index is -4.59. The third-order valence-electron chi connectivity index (χ3n) is 4.02. The fraction of sp³-hybridized carbons (Fsp3) is 0.286. The van der Waals surface area contributed by atoms with E-state index in [1.165, 1.54) is 11.0 Å². The smallest absolute Gasteiger partial charge is 0.416 e. The first-order valence-electron chi connectivity index (χ1n) is 8.72. The number of esters is 1. The molecule has 0 radical (unpaired) electrons. The second kappa shape index (κ2) is 9.24. The van der Waals surface area contributed by atoms with Crippen LogP contribution in [-0.2, 0) is 15.7 Å². The highest BCUT2D eigenvalue weighted by atomic mass is 19.4. The quantitative estimate of drug-likeness (QED) is 0.668.